The van der Waals surface area contributed by atoms with Crippen LogP contribution in [0.25, 0.3) is 10.8 Å². The van der Waals surface area contributed by atoms with Crippen molar-refractivity contribution in [2.75, 3.05) is 32.8 Å². The van der Waals surface area contributed by atoms with Gasteiger partial charge in [0.2, 0.25) is 0 Å². The molecule has 0 saturated carbocycles. The monoisotopic (exact) mass is 284 g/mol. The van der Waals surface area contributed by atoms with Gasteiger partial charge >= 0.3 is 0 Å². The number of fused-ring (bicyclic) bond motifs is 1. The molecule has 112 valence electrons. The Hall–Kier alpha value is -1.42. The lowest BCUT2D eigenvalue weighted by molar-refractivity contribution is -0.0105. The first kappa shape index (κ1) is 14.5. The molecule has 2 aromatic carbocycles. The molecule has 1 unspecified atom stereocenters. The van der Waals surface area contributed by atoms with Crippen molar-refractivity contribution >= 4 is 10.8 Å². The molecule has 1 heterocycles. The van der Waals surface area contributed by atoms with E-state index in [0.717, 1.165) is 39.4 Å². The quantitative estimate of drug-likeness (QED) is 0.913. The highest BCUT2D eigenvalue weighted by Crippen LogP contribution is 2.21. The number of benzene rings is 2. The lowest BCUT2D eigenvalue weighted by Crippen LogP contribution is -2.49. The van der Waals surface area contributed by atoms with Gasteiger partial charge in [-0.1, -0.05) is 49.4 Å². The fourth-order valence-electron chi connectivity index (χ4n) is 3.05. The summed E-state index contributed by atoms with van der Waals surface area (Å²) < 4.78 is 5.65. The van der Waals surface area contributed by atoms with Crippen molar-refractivity contribution in [2.24, 2.45) is 0 Å². The van der Waals surface area contributed by atoms with E-state index in [4.69, 9.17) is 4.74 Å². The highest BCUT2D eigenvalue weighted by atomic mass is 16.5. The maximum atomic E-state index is 5.65. The summed E-state index contributed by atoms with van der Waals surface area (Å²) in [5.41, 5.74) is 1.41. The van der Waals surface area contributed by atoms with E-state index in [1.807, 2.05) is 0 Å². The second-order valence-corrected chi connectivity index (χ2v) is 5.65. The number of likely N-dealkylation sites (N-methyl/N-ethyl adjacent to an activating group) is 1. The zero-order valence-corrected chi connectivity index (χ0v) is 12.7. The van der Waals surface area contributed by atoms with Gasteiger partial charge in [0, 0.05) is 25.7 Å². The van der Waals surface area contributed by atoms with Crippen molar-refractivity contribution in [3.63, 3.8) is 0 Å². The molecule has 3 rings (SSSR count). The summed E-state index contributed by atoms with van der Waals surface area (Å²) in [5, 5.41) is 6.14. The van der Waals surface area contributed by atoms with E-state index < -0.39 is 0 Å². The maximum absolute atomic E-state index is 5.65. The summed E-state index contributed by atoms with van der Waals surface area (Å²) in [6.07, 6.45) is 0. The minimum absolute atomic E-state index is 0.470. The third kappa shape index (κ3) is 3.43. The van der Waals surface area contributed by atoms with Gasteiger partial charge in [0.25, 0.3) is 0 Å². The molecule has 0 amide bonds. The van der Waals surface area contributed by atoms with Crippen molar-refractivity contribution in [1.29, 1.82) is 0 Å². The third-order valence-electron chi connectivity index (χ3n) is 4.23. The van der Waals surface area contributed by atoms with Crippen LogP contribution < -0.4 is 5.32 Å². The number of ether oxygens (including phenoxy) is 1. The first-order valence-corrected chi connectivity index (χ1v) is 7.87. The van der Waals surface area contributed by atoms with Gasteiger partial charge < -0.3 is 10.1 Å². The molecule has 0 bridgehead atoms. The van der Waals surface area contributed by atoms with Crippen molar-refractivity contribution in [3.05, 3.63) is 48.0 Å². The fraction of sp³-hybridized carbons (Fsp3) is 0.444. The Kier molecular flexibility index (Phi) is 4.86. The number of hydrogen-bond donors (Lipinski definition) is 1. The summed E-state index contributed by atoms with van der Waals surface area (Å²) >= 11 is 0. The molecule has 0 spiro atoms. The van der Waals surface area contributed by atoms with Gasteiger partial charge in [-0.15, -0.1) is 0 Å². The van der Waals surface area contributed by atoms with Gasteiger partial charge in [0.1, 0.15) is 0 Å². The first-order valence-electron chi connectivity index (χ1n) is 7.87. The van der Waals surface area contributed by atoms with E-state index in [-0.39, 0.29) is 0 Å². The van der Waals surface area contributed by atoms with Gasteiger partial charge in [-0.2, -0.15) is 0 Å². The number of morpholine rings is 1. The number of nitrogens with zero attached hydrogens (tertiary/aromatic N) is 1. The highest BCUT2D eigenvalue weighted by Gasteiger charge is 2.22. The highest BCUT2D eigenvalue weighted by molar-refractivity contribution is 5.85. The molecule has 1 aliphatic rings. The minimum atomic E-state index is 0.470. The van der Waals surface area contributed by atoms with E-state index >= 15 is 0 Å². The van der Waals surface area contributed by atoms with Crippen LogP contribution in [-0.2, 0) is 11.3 Å². The summed E-state index contributed by atoms with van der Waals surface area (Å²) in [7, 11) is 0. The molecule has 1 aliphatic heterocycles. The lowest BCUT2D eigenvalue weighted by Gasteiger charge is -2.36. The van der Waals surface area contributed by atoms with Crippen LogP contribution in [0.2, 0.25) is 0 Å². The molecule has 0 aromatic heterocycles. The van der Waals surface area contributed by atoms with Crippen molar-refractivity contribution in [2.45, 2.75) is 19.5 Å². The minimum Gasteiger partial charge on any atom is -0.378 e. The van der Waals surface area contributed by atoms with Crippen LogP contribution in [0.3, 0.4) is 0 Å². The zero-order chi connectivity index (χ0) is 14.5. The van der Waals surface area contributed by atoms with Gasteiger partial charge in [-0.25, -0.2) is 0 Å². The van der Waals surface area contributed by atoms with Crippen LogP contribution in [0.5, 0.6) is 0 Å². The van der Waals surface area contributed by atoms with Gasteiger partial charge in [-0.3, -0.25) is 4.90 Å². The van der Waals surface area contributed by atoms with E-state index in [1.54, 1.807) is 0 Å². The zero-order valence-electron chi connectivity index (χ0n) is 12.7. The SMILES string of the molecule is CCNCC1COCCN1Cc1cccc2ccccc12. The third-order valence-corrected chi connectivity index (χ3v) is 4.23. The molecule has 3 nitrogen and oxygen atoms in total. The predicted octanol–water partition coefficient (Wildman–Crippen LogP) is 2.65. The Balaban J connectivity index is 1.79. The van der Waals surface area contributed by atoms with E-state index in [9.17, 15) is 0 Å². The standard InChI is InChI=1S/C18H24N2O/c1-2-19-12-17-14-21-11-10-20(17)13-16-8-5-7-15-6-3-4-9-18(15)16/h3-9,17,19H,2,10-14H2,1H3. The van der Waals surface area contributed by atoms with E-state index in [1.165, 1.54) is 16.3 Å². The second kappa shape index (κ2) is 7.03. The Morgan fingerprint density at radius 3 is 2.95 bits per heavy atom. The molecule has 0 aliphatic carbocycles. The lowest BCUT2D eigenvalue weighted by atomic mass is 10.0. The van der Waals surface area contributed by atoms with Crippen molar-refractivity contribution in [3.8, 4) is 0 Å². The summed E-state index contributed by atoms with van der Waals surface area (Å²) in [5.74, 6) is 0. The first-order chi connectivity index (χ1) is 10.4. The summed E-state index contributed by atoms with van der Waals surface area (Å²) in [6, 6.07) is 15.7. The average Bonchev–Trinajstić information content (AvgIpc) is 2.54. The molecular weight excluding hydrogens is 260 g/mol. The number of hydrogen-bond acceptors (Lipinski definition) is 3. The molecular formula is C18H24N2O. The molecule has 1 fully saturated rings. The molecule has 21 heavy (non-hydrogen) atoms. The second-order valence-electron chi connectivity index (χ2n) is 5.65. The largest absolute Gasteiger partial charge is 0.378 e. The van der Waals surface area contributed by atoms with Crippen LogP contribution >= 0.6 is 0 Å². The van der Waals surface area contributed by atoms with Crippen LogP contribution in [0.4, 0.5) is 0 Å². The van der Waals surface area contributed by atoms with Crippen molar-refractivity contribution in [1.82, 2.24) is 10.2 Å². The topological polar surface area (TPSA) is 24.5 Å². The maximum Gasteiger partial charge on any atom is 0.0635 e. The van der Waals surface area contributed by atoms with Gasteiger partial charge in [0.15, 0.2) is 0 Å². The smallest absolute Gasteiger partial charge is 0.0635 e. The van der Waals surface area contributed by atoms with Crippen LogP contribution in [0.1, 0.15) is 12.5 Å². The molecule has 1 saturated heterocycles. The fourth-order valence-corrected chi connectivity index (χ4v) is 3.05. The normalized spacial score (nSPS) is 20.0. The van der Waals surface area contributed by atoms with Gasteiger partial charge in [-0.05, 0) is 22.9 Å². The van der Waals surface area contributed by atoms with Gasteiger partial charge in [0.05, 0.1) is 13.2 Å². The molecule has 1 atom stereocenters. The Bertz CT molecular complexity index is 579. The summed E-state index contributed by atoms with van der Waals surface area (Å²) in [4.78, 5) is 2.55. The molecule has 1 N–H and O–H groups in total. The van der Waals surface area contributed by atoms with Crippen LogP contribution in [0, 0.1) is 0 Å². The van der Waals surface area contributed by atoms with Crippen molar-refractivity contribution < 1.29 is 4.74 Å². The van der Waals surface area contributed by atoms with E-state index in [0.29, 0.717) is 6.04 Å². The number of rotatable bonds is 5. The van der Waals surface area contributed by atoms with Crippen LogP contribution in [0.15, 0.2) is 42.5 Å². The Labute approximate surface area is 126 Å². The number of nitrogens with one attached hydrogen (secondary N) is 1. The average molecular weight is 284 g/mol. The Morgan fingerprint density at radius 2 is 2.05 bits per heavy atom. The molecule has 3 heteroatoms. The Morgan fingerprint density at radius 1 is 1.19 bits per heavy atom. The summed E-state index contributed by atoms with van der Waals surface area (Å²) in [6.45, 7) is 7.85. The molecule has 0 radical (unpaired) electrons. The van der Waals surface area contributed by atoms with E-state index in [2.05, 4.69) is 59.6 Å². The van der Waals surface area contributed by atoms with Crippen LogP contribution in [-0.4, -0.2) is 43.8 Å². The predicted molar refractivity (Wildman–Crippen MR) is 87.5 cm³/mol. The molecule has 2 aromatic rings.